The fourth-order valence-corrected chi connectivity index (χ4v) is 5.88. The fourth-order valence-electron chi connectivity index (χ4n) is 5.74. The molecule has 2 aliphatic heterocycles. The van der Waals surface area contributed by atoms with Gasteiger partial charge >= 0.3 is 0 Å². The van der Waals surface area contributed by atoms with Crippen LogP contribution in [-0.4, -0.2) is 65.6 Å². The van der Waals surface area contributed by atoms with Crippen LogP contribution in [0.1, 0.15) is 63.2 Å². The minimum absolute atomic E-state index is 0.000213. The molecule has 1 amide bonds. The standard InChI is InChI=1S/C32H42ClN7O2/c1-4-34-31(41)25-10-6-7-11-27(25)36-30-26(33)21-35-32(38-30)37-28-13-12-24(20-29(28)42-22(2)3)40-18-14-23(15-19-40)39-16-8-5-9-17-39/h6-7,10-13,20-23H,4-5,8-9,14-19H2,1-3H3,(H,34,41)(H2,35,36,37,38). The van der Waals surface area contributed by atoms with Crippen LogP contribution < -0.4 is 25.6 Å². The molecule has 0 spiro atoms. The van der Waals surface area contributed by atoms with Gasteiger partial charge in [0.15, 0.2) is 5.82 Å². The zero-order chi connectivity index (χ0) is 29.5. The average molecular weight is 592 g/mol. The van der Waals surface area contributed by atoms with Crippen molar-refractivity contribution in [3.8, 4) is 5.75 Å². The molecule has 0 atom stereocenters. The van der Waals surface area contributed by atoms with Crippen LogP contribution in [0.2, 0.25) is 5.02 Å². The number of likely N-dealkylation sites (tertiary alicyclic amines) is 1. The Labute approximate surface area is 254 Å². The number of hydrogen-bond acceptors (Lipinski definition) is 8. The Balaban J connectivity index is 1.31. The number of hydrogen-bond donors (Lipinski definition) is 3. The SMILES string of the molecule is CCNC(=O)c1ccccc1Nc1nc(Nc2ccc(N3CCC(N4CCCCC4)CC3)cc2OC(C)C)ncc1Cl. The molecule has 0 saturated carbocycles. The maximum atomic E-state index is 12.6. The van der Waals surface area contributed by atoms with E-state index in [2.05, 4.69) is 47.9 Å². The predicted molar refractivity (Wildman–Crippen MR) is 171 cm³/mol. The summed E-state index contributed by atoms with van der Waals surface area (Å²) in [6, 6.07) is 14.2. The molecule has 3 aromatic rings. The van der Waals surface area contributed by atoms with Crippen molar-refractivity contribution in [1.29, 1.82) is 0 Å². The highest BCUT2D eigenvalue weighted by atomic mass is 35.5. The van der Waals surface area contributed by atoms with Crippen molar-refractivity contribution in [3.63, 3.8) is 0 Å². The lowest BCUT2D eigenvalue weighted by Crippen LogP contribution is -2.46. The Morgan fingerprint density at radius 1 is 1.02 bits per heavy atom. The van der Waals surface area contributed by atoms with Gasteiger partial charge in [0.2, 0.25) is 5.95 Å². The Bertz CT molecular complexity index is 1350. The zero-order valence-electron chi connectivity index (χ0n) is 24.8. The van der Waals surface area contributed by atoms with Gasteiger partial charge in [-0.25, -0.2) is 4.98 Å². The van der Waals surface area contributed by atoms with Gasteiger partial charge in [-0.2, -0.15) is 4.98 Å². The first-order valence-corrected chi connectivity index (χ1v) is 15.5. The maximum absolute atomic E-state index is 12.6. The number of carbonyl (C=O) groups is 1. The predicted octanol–water partition coefficient (Wildman–Crippen LogP) is 6.61. The van der Waals surface area contributed by atoms with Crippen LogP contribution >= 0.6 is 11.6 Å². The molecule has 224 valence electrons. The van der Waals surface area contributed by atoms with Crippen molar-refractivity contribution in [2.24, 2.45) is 0 Å². The lowest BCUT2D eigenvalue weighted by atomic mass is 9.99. The molecular formula is C32H42ClN7O2. The van der Waals surface area contributed by atoms with E-state index < -0.39 is 0 Å². The number of para-hydroxylation sites is 1. The van der Waals surface area contributed by atoms with E-state index in [-0.39, 0.29) is 12.0 Å². The van der Waals surface area contributed by atoms with Gasteiger partial charge in [-0.15, -0.1) is 0 Å². The first-order chi connectivity index (χ1) is 20.4. The second-order valence-corrected chi connectivity index (χ2v) is 11.6. The van der Waals surface area contributed by atoms with Crippen LogP contribution in [0.5, 0.6) is 5.75 Å². The van der Waals surface area contributed by atoms with E-state index >= 15 is 0 Å². The molecule has 0 radical (unpaired) electrons. The van der Waals surface area contributed by atoms with Gasteiger partial charge in [-0.05, 0) is 83.8 Å². The van der Waals surface area contributed by atoms with E-state index in [4.69, 9.17) is 16.3 Å². The van der Waals surface area contributed by atoms with Crippen molar-refractivity contribution in [2.45, 2.75) is 65.0 Å². The first-order valence-electron chi connectivity index (χ1n) is 15.1. The maximum Gasteiger partial charge on any atom is 0.253 e. The van der Waals surface area contributed by atoms with Crippen LogP contribution in [0, 0.1) is 0 Å². The van der Waals surface area contributed by atoms with E-state index in [1.54, 1.807) is 6.07 Å². The minimum Gasteiger partial charge on any atom is -0.489 e. The van der Waals surface area contributed by atoms with E-state index in [0.29, 0.717) is 40.6 Å². The summed E-state index contributed by atoms with van der Waals surface area (Å²) in [6.07, 6.45) is 7.97. The summed E-state index contributed by atoms with van der Waals surface area (Å²) in [5.41, 5.74) is 3.04. The van der Waals surface area contributed by atoms with Gasteiger partial charge in [0, 0.05) is 37.4 Å². The Morgan fingerprint density at radius 2 is 1.79 bits per heavy atom. The lowest BCUT2D eigenvalue weighted by molar-refractivity contribution is 0.0956. The monoisotopic (exact) mass is 591 g/mol. The van der Waals surface area contributed by atoms with Crippen LogP contribution in [0.3, 0.4) is 0 Å². The van der Waals surface area contributed by atoms with E-state index in [0.717, 1.165) is 30.2 Å². The Morgan fingerprint density at radius 3 is 2.52 bits per heavy atom. The van der Waals surface area contributed by atoms with Gasteiger partial charge in [0.25, 0.3) is 5.91 Å². The highest BCUT2D eigenvalue weighted by Crippen LogP contribution is 2.35. The summed E-state index contributed by atoms with van der Waals surface area (Å²) in [6.45, 7) is 11.1. The van der Waals surface area contributed by atoms with Crippen molar-refractivity contribution in [3.05, 3.63) is 59.2 Å². The van der Waals surface area contributed by atoms with Crippen LogP contribution in [0.25, 0.3) is 0 Å². The molecule has 9 nitrogen and oxygen atoms in total. The van der Waals surface area contributed by atoms with Crippen molar-refractivity contribution in [2.75, 3.05) is 48.3 Å². The number of benzene rings is 2. The number of nitrogens with zero attached hydrogens (tertiary/aromatic N) is 4. The molecule has 3 N–H and O–H groups in total. The number of anilines is 5. The van der Waals surface area contributed by atoms with Crippen LogP contribution in [0.4, 0.5) is 28.8 Å². The fraction of sp³-hybridized carbons (Fsp3) is 0.469. The summed E-state index contributed by atoms with van der Waals surface area (Å²) >= 11 is 6.46. The van der Waals surface area contributed by atoms with Crippen LogP contribution in [-0.2, 0) is 0 Å². The zero-order valence-corrected chi connectivity index (χ0v) is 25.6. The van der Waals surface area contributed by atoms with Crippen molar-refractivity contribution < 1.29 is 9.53 Å². The summed E-state index contributed by atoms with van der Waals surface area (Å²) in [5.74, 6) is 1.33. The van der Waals surface area contributed by atoms with E-state index in [1.807, 2.05) is 45.0 Å². The molecule has 2 aliphatic rings. The lowest BCUT2D eigenvalue weighted by Gasteiger charge is -2.41. The van der Waals surface area contributed by atoms with Crippen molar-refractivity contribution >= 4 is 46.3 Å². The summed E-state index contributed by atoms with van der Waals surface area (Å²) < 4.78 is 6.24. The molecular weight excluding hydrogens is 550 g/mol. The molecule has 5 rings (SSSR count). The van der Waals surface area contributed by atoms with E-state index in [9.17, 15) is 4.79 Å². The highest BCUT2D eigenvalue weighted by molar-refractivity contribution is 6.33. The number of aromatic nitrogens is 2. The molecule has 2 aromatic carbocycles. The molecule has 0 unspecified atom stereocenters. The quantitative estimate of drug-likeness (QED) is 0.242. The molecule has 0 bridgehead atoms. The molecule has 42 heavy (non-hydrogen) atoms. The largest absolute Gasteiger partial charge is 0.489 e. The number of amides is 1. The molecule has 2 saturated heterocycles. The molecule has 2 fully saturated rings. The summed E-state index contributed by atoms with van der Waals surface area (Å²) in [4.78, 5) is 26.8. The second-order valence-electron chi connectivity index (χ2n) is 11.2. The molecule has 1 aromatic heterocycles. The smallest absolute Gasteiger partial charge is 0.253 e. The third-order valence-electron chi connectivity index (χ3n) is 7.82. The third-order valence-corrected chi connectivity index (χ3v) is 8.09. The van der Waals surface area contributed by atoms with Gasteiger partial charge in [-0.3, -0.25) is 4.79 Å². The molecule has 10 heteroatoms. The molecule has 3 heterocycles. The average Bonchev–Trinajstić information content (AvgIpc) is 3.00. The minimum atomic E-state index is -0.171. The summed E-state index contributed by atoms with van der Waals surface area (Å²) in [5, 5.41) is 9.70. The number of rotatable bonds is 10. The number of ether oxygens (including phenoxy) is 1. The Hall–Kier alpha value is -3.56. The van der Waals surface area contributed by atoms with E-state index in [1.165, 1.54) is 51.4 Å². The van der Waals surface area contributed by atoms with Gasteiger partial charge in [0.1, 0.15) is 10.8 Å². The number of nitrogens with one attached hydrogen (secondary N) is 3. The van der Waals surface area contributed by atoms with Crippen molar-refractivity contribution in [1.82, 2.24) is 20.2 Å². The summed E-state index contributed by atoms with van der Waals surface area (Å²) in [7, 11) is 0. The topological polar surface area (TPSA) is 94.6 Å². The number of carbonyl (C=O) groups excluding carboxylic acids is 1. The second kappa shape index (κ2) is 14.1. The van der Waals surface area contributed by atoms with Crippen LogP contribution in [0.15, 0.2) is 48.7 Å². The first kappa shape index (κ1) is 29.9. The highest BCUT2D eigenvalue weighted by Gasteiger charge is 2.26. The normalized spacial score (nSPS) is 16.4. The number of halogens is 1. The van der Waals surface area contributed by atoms with Gasteiger partial charge in [0.05, 0.1) is 29.2 Å². The van der Waals surface area contributed by atoms with Gasteiger partial charge in [-0.1, -0.05) is 30.2 Å². The third kappa shape index (κ3) is 7.44. The Kier molecular flexibility index (Phi) is 10.0. The van der Waals surface area contributed by atoms with Gasteiger partial charge < -0.3 is 30.5 Å². The molecule has 0 aliphatic carbocycles. The number of piperidine rings is 2.